The maximum absolute atomic E-state index is 14.4. The van der Waals surface area contributed by atoms with Gasteiger partial charge in [-0.3, -0.25) is 4.90 Å². The van der Waals surface area contributed by atoms with Crippen LogP contribution in [-0.2, 0) is 25.3 Å². The van der Waals surface area contributed by atoms with E-state index in [9.17, 15) is 12.8 Å². The third-order valence-electron chi connectivity index (χ3n) is 6.77. The van der Waals surface area contributed by atoms with Crippen molar-refractivity contribution in [2.45, 2.75) is 30.2 Å². The van der Waals surface area contributed by atoms with Gasteiger partial charge in [-0.1, -0.05) is 25.1 Å². The van der Waals surface area contributed by atoms with Gasteiger partial charge in [0.2, 0.25) is 15.8 Å². The molecule has 3 aliphatic heterocycles. The van der Waals surface area contributed by atoms with Gasteiger partial charge in [0.25, 0.3) is 0 Å². The number of piperazine rings is 1. The second kappa shape index (κ2) is 9.09. The highest BCUT2D eigenvalue weighted by atomic mass is 32.2. The molecule has 3 heterocycles. The first-order chi connectivity index (χ1) is 16.4. The number of rotatable bonds is 5. The number of sulfonamides is 1. The van der Waals surface area contributed by atoms with E-state index in [1.54, 1.807) is 30.3 Å². The monoisotopic (exact) mass is 491 g/mol. The molecule has 184 valence electrons. The average Bonchev–Trinajstić information content (AvgIpc) is 3.33. The summed E-state index contributed by atoms with van der Waals surface area (Å²) in [6.07, 6.45) is -0.0631. The van der Waals surface area contributed by atoms with Crippen LogP contribution in [-0.4, -0.2) is 76.8 Å². The van der Waals surface area contributed by atoms with Crippen LogP contribution in [0.2, 0.25) is 0 Å². The average molecular weight is 492 g/mol. The quantitative estimate of drug-likeness (QED) is 0.637. The number of hydrogen-bond donors (Lipinski definition) is 0. The zero-order valence-electron chi connectivity index (χ0n) is 19.4. The van der Waals surface area contributed by atoms with E-state index in [1.807, 2.05) is 17.9 Å². The number of methoxy groups -OCH3 is 1. The lowest BCUT2D eigenvalue weighted by Crippen LogP contribution is -2.67. The third kappa shape index (κ3) is 3.59. The van der Waals surface area contributed by atoms with Gasteiger partial charge in [0.15, 0.2) is 0 Å². The van der Waals surface area contributed by atoms with Crippen LogP contribution in [0.3, 0.4) is 0 Å². The second-order valence-electron chi connectivity index (χ2n) is 8.66. The van der Waals surface area contributed by atoms with E-state index in [1.165, 1.54) is 17.5 Å². The summed E-state index contributed by atoms with van der Waals surface area (Å²) in [5.41, 5.74) is 0.975. The lowest BCUT2D eigenvalue weighted by atomic mass is 9.98. The van der Waals surface area contributed by atoms with Crippen LogP contribution in [0.5, 0.6) is 5.75 Å². The van der Waals surface area contributed by atoms with Gasteiger partial charge in [-0.25, -0.2) is 12.8 Å². The summed E-state index contributed by atoms with van der Waals surface area (Å²) in [6.45, 7) is 5.12. The maximum Gasteiger partial charge on any atom is 0.245 e. The summed E-state index contributed by atoms with van der Waals surface area (Å²) >= 11 is 0. The van der Waals surface area contributed by atoms with E-state index in [0.29, 0.717) is 69.4 Å². The molecule has 0 radical (unpaired) electrons. The fourth-order valence-corrected chi connectivity index (χ4v) is 7.30. The lowest BCUT2D eigenvalue weighted by molar-refractivity contribution is -0.242. The van der Waals surface area contributed by atoms with Crippen LogP contribution < -0.4 is 9.64 Å². The Bertz CT molecular complexity index is 1150. The molecule has 34 heavy (non-hydrogen) atoms. The van der Waals surface area contributed by atoms with Crippen LogP contribution in [0.4, 0.5) is 10.1 Å². The number of hydrogen-bond acceptors (Lipinski definition) is 7. The number of para-hydroxylation sites is 1. The highest BCUT2D eigenvalue weighted by Crippen LogP contribution is 2.51. The van der Waals surface area contributed by atoms with Gasteiger partial charge in [0.1, 0.15) is 17.7 Å². The summed E-state index contributed by atoms with van der Waals surface area (Å²) in [5, 5.41) is 0. The molecule has 0 N–H and O–H groups in total. The predicted octanol–water partition coefficient (Wildman–Crippen LogP) is 2.60. The zero-order valence-corrected chi connectivity index (χ0v) is 20.3. The summed E-state index contributed by atoms with van der Waals surface area (Å²) in [7, 11) is -2.31. The Kier molecular flexibility index (Phi) is 6.28. The van der Waals surface area contributed by atoms with Crippen LogP contribution in [0, 0.1) is 5.82 Å². The molecular weight excluding hydrogens is 461 g/mol. The number of ether oxygens (including phenoxy) is 3. The summed E-state index contributed by atoms with van der Waals surface area (Å²) in [5.74, 6) is -1.14. The maximum atomic E-state index is 14.4. The first kappa shape index (κ1) is 23.5. The van der Waals surface area contributed by atoms with E-state index in [4.69, 9.17) is 14.2 Å². The van der Waals surface area contributed by atoms with E-state index < -0.39 is 22.0 Å². The van der Waals surface area contributed by atoms with Crippen molar-refractivity contribution in [3.05, 3.63) is 53.8 Å². The molecule has 0 aromatic heterocycles. The zero-order chi connectivity index (χ0) is 23.9. The summed E-state index contributed by atoms with van der Waals surface area (Å²) in [4.78, 5) is 4.24. The molecule has 2 aromatic rings. The van der Waals surface area contributed by atoms with Gasteiger partial charge in [-0.2, -0.15) is 4.31 Å². The minimum Gasteiger partial charge on any atom is -0.496 e. The lowest BCUT2D eigenvalue weighted by Gasteiger charge is -2.52. The van der Waals surface area contributed by atoms with E-state index in [0.717, 1.165) is 0 Å². The van der Waals surface area contributed by atoms with E-state index in [2.05, 4.69) is 4.90 Å². The Morgan fingerprint density at radius 2 is 1.76 bits per heavy atom. The highest BCUT2D eigenvalue weighted by Gasteiger charge is 2.61. The van der Waals surface area contributed by atoms with Crippen molar-refractivity contribution >= 4 is 15.7 Å². The van der Waals surface area contributed by atoms with Crippen molar-refractivity contribution in [1.29, 1.82) is 0 Å². The van der Waals surface area contributed by atoms with Crippen molar-refractivity contribution in [2.75, 3.05) is 57.9 Å². The molecule has 0 saturated carbocycles. The minimum absolute atomic E-state index is 0.156. The van der Waals surface area contributed by atoms with E-state index >= 15 is 0 Å². The molecule has 10 heteroatoms. The molecule has 2 saturated heterocycles. The predicted molar refractivity (Wildman–Crippen MR) is 125 cm³/mol. The standard InChI is InChI=1S/C24H30FN3O5S/c1-3-11-28-23(27-14-12-26(13-15-27)19-8-5-4-7-18(19)25)24(32-16-17-33-24)22-20(31-2)9-6-10-21(22)34(28,29)30/h4-10,23H,3,11-17H2,1-2H3. The molecule has 1 spiro atoms. The molecule has 0 aliphatic carbocycles. The normalized spacial score (nSPS) is 24.3. The summed E-state index contributed by atoms with van der Waals surface area (Å²) in [6, 6.07) is 11.7. The van der Waals surface area contributed by atoms with Gasteiger partial charge in [0.05, 0.1) is 36.5 Å². The smallest absolute Gasteiger partial charge is 0.245 e. The topological polar surface area (TPSA) is 71.6 Å². The Balaban J connectivity index is 1.57. The molecular formula is C24H30FN3O5S. The summed E-state index contributed by atoms with van der Waals surface area (Å²) < 4.78 is 61.8. The van der Waals surface area contributed by atoms with Gasteiger partial charge < -0.3 is 19.1 Å². The molecule has 0 bridgehead atoms. The Morgan fingerprint density at radius 1 is 1.06 bits per heavy atom. The molecule has 8 nitrogen and oxygen atoms in total. The fraction of sp³-hybridized carbons (Fsp3) is 0.500. The Hall–Kier alpha value is -2.24. The molecule has 1 unspecified atom stereocenters. The van der Waals surface area contributed by atoms with Crippen LogP contribution >= 0.6 is 0 Å². The van der Waals surface area contributed by atoms with Crippen molar-refractivity contribution in [3.63, 3.8) is 0 Å². The van der Waals surface area contributed by atoms with Crippen molar-refractivity contribution in [1.82, 2.24) is 9.21 Å². The minimum atomic E-state index is -3.83. The number of nitrogens with zero attached hydrogens (tertiary/aromatic N) is 3. The molecule has 2 fully saturated rings. The molecule has 3 aliphatic rings. The highest BCUT2D eigenvalue weighted by molar-refractivity contribution is 7.89. The van der Waals surface area contributed by atoms with Crippen molar-refractivity contribution < 1.29 is 27.0 Å². The second-order valence-corrected chi connectivity index (χ2v) is 10.5. The number of benzene rings is 2. The Labute approximate surface area is 199 Å². The van der Waals surface area contributed by atoms with Crippen molar-refractivity contribution in [2.24, 2.45) is 0 Å². The molecule has 5 rings (SSSR count). The Morgan fingerprint density at radius 3 is 2.41 bits per heavy atom. The van der Waals surface area contributed by atoms with Crippen LogP contribution in [0.1, 0.15) is 18.9 Å². The first-order valence-electron chi connectivity index (χ1n) is 11.6. The van der Waals surface area contributed by atoms with Gasteiger partial charge in [0, 0.05) is 32.7 Å². The first-order valence-corrected chi connectivity index (χ1v) is 13.1. The van der Waals surface area contributed by atoms with Gasteiger partial charge in [-0.05, 0) is 30.7 Å². The third-order valence-corrected chi connectivity index (χ3v) is 8.67. The number of halogens is 1. The fourth-order valence-electron chi connectivity index (χ4n) is 5.34. The van der Waals surface area contributed by atoms with Gasteiger partial charge >= 0.3 is 0 Å². The van der Waals surface area contributed by atoms with Crippen molar-refractivity contribution in [3.8, 4) is 5.75 Å². The molecule has 1 atom stereocenters. The van der Waals surface area contributed by atoms with E-state index in [-0.39, 0.29) is 10.7 Å². The molecule has 2 aromatic carbocycles. The van der Waals surface area contributed by atoms with Gasteiger partial charge in [-0.15, -0.1) is 0 Å². The number of fused-ring (bicyclic) bond motifs is 2. The van der Waals surface area contributed by atoms with Crippen LogP contribution in [0.15, 0.2) is 47.4 Å². The SMILES string of the molecule is CCCN1C(N2CCN(c3ccccc3F)CC2)C2(OCCO2)c2c(OC)cccc2S1(=O)=O. The largest absolute Gasteiger partial charge is 0.496 e. The number of anilines is 1. The van der Waals surface area contributed by atoms with Crippen LogP contribution in [0.25, 0.3) is 0 Å². The molecule has 0 amide bonds.